The van der Waals surface area contributed by atoms with Crippen molar-refractivity contribution in [1.29, 1.82) is 0 Å². The van der Waals surface area contributed by atoms with E-state index in [1.807, 2.05) is 0 Å². The first-order valence-corrected chi connectivity index (χ1v) is 5.15. The monoisotopic (exact) mass is 204 g/mol. The van der Waals surface area contributed by atoms with Gasteiger partial charge in [-0.2, -0.15) is 0 Å². The van der Waals surface area contributed by atoms with Gasteiger partial charge in [0.15, 0.2) is 0 Å². The Morgan fingerprint density at radius 1 is 1.29 bits per heavy atom. The molecule has 4 heteroatoms. The van der Waals surface area contributed by atoms with Crippen molar-refractivity contribution in [1.82, 2.24) is 5.43 Å². The molecule has 86 valence electrons. The summed E-state index contributed by atoms with van der Waals surface area (Å²) in [4.78, 5) is 0. The van der Waals surface area contributed by atoms with Crippen LogP contribution >= 0.6 is 0 Å². The summed E-state index contributed by atoms with van der Waals surface area (Å²) in [6, 6.07) is 0.204. The van der Waals surface area contributed by atoms with Crippen molar-refractivity contribution in [2.24, 2.45) is 11.8 Å². The van der Waals surface area contributed by atoms with Crippen LogP contribution < -0.4 is 11.3 Å². The summed E-state index contributed by atoms with van der Waals surface area (Å²) < 4.78 is 10.4. The summed E-state index contributed by atoms with van der Waals surface area (Å²) in [6.45, 7) is 5.04. The Morgan fingerprint density at radius 3 is 2.29 bits per heavy atom. The minimum atomic E-state index is 0.164. The van der Waals surface area contributed by atoms with Gasteiger partial charge in [-0.1, -0.05) is 13.8 Å². The zero-order valence-corrected chi connectivity index (χ0v) is 9.75. The van der Waals surface area contributed by atoms with Gasteiger partial charge in [-0.15, -0.1) is 0 Å². The van der Waals surface area contributed by atoms with Crippen molar-refractivity contribution in [3.05, 3.63) is 0 Å². The molecule has 0 aliphatic heterocycles. The van der Waals surface area contributed by atoms with Crippen molar-refractivity contribution in [2.75, 3.05) is 20.8 Å². The van der Waals surface area contributed by atoms with Crippen LogP contribution in [0.1, 0.15) is 26.7 Å². The van der Waals surface area contributed by atoms with Crippen molar-refractivity contribution < 1.29 is 9.47 Å². The third-order valence-corrected chi connectivity index (χ3v) is 2.40. The van der Waals surface area contributed by atoms with Crippen LogP contribution in [0.2, 0.25) is 0 Å². The molecular formula is C10H24N2O2. The largest absolute Gasteiger partial charge is 0.385 e. The van der Waals surface area contributed by atoms with Gasteiger partial charge < -0.3 is 9.47 Å². The Balaban J connectivity index is 3.95. The number of nitrogens with two attached hydrogens (primary N) is 1. The number of nitrogens with one attached hydrogen (secondary N) is 1. The van der Waals surface area contributed by atoms with Gasteiger partial charge in [-0.3, -0.25) is 11.3 Å². The van der Waals surface area contributed by atoms with Crippen molar-refractivity contribution in [3.63, 3.8) is 0 Å². The van der Waals surface area contributed by atoms with E-state index in [1.165, 1.54) is 0 Å². The molecule has 0 aliphatic rings. The molecule has 0 amide bonds. The highest BCUT2D eigenvalue weighted by Gasteiger charge is 2.22. The molecule has 0 aliphatic carbocycles. The number of hydrogen-bond acceptors (Lipinski definition) is 4. The topological polar surface area (TPSA) is 56.5 Å². The highest BCUT2D eigenvalue weighted by atomic mass is 16.5. The molecule has 0 aromatic carbocycles. The lowest BCUT2D eigenvalue weighted by Crippen LogP contribution is -2.47. The first-order valence-electron chi connectivity index (χ1n) is 5.15. The van der Waals surface area contributed by atoms with E-state index in [-0.39, 0.29) is 12.1 Å². The Bertz CT molecular complexity index is 131. The number of hydrogen-bond donors (Lipinski definition) is 2. The van der Waals surface area contributed by atoms with Crippen LogP contribution in [-0.2, 0) is 9.47 Å². The van der Waals surface area contributed by atoms with Gasteiger partial charge >= 0.3 is 0 Å². The molecule has 0 bridgehead atoms. The molecule has 2 unspecified atom stereocenters. The summed E-state index contributed by atoms with van der Waals surface area (Å²) in [5, 5.41) is 0. The molecule has 0 saturated heterocycles. The van der Waals surface area contributed by atoms with E-state index in [0.29, 0.717) is 5.92 Å². The Labute approximate surface area is 87.1 Å². The molecule has 0 aromatic rings. The fourth-order valence-corrected chi connectivity index (χ4v) is 1.69. The predicted octanol–water partition coefficient (Wildman–Crippen LogP) is 0.916. The van der Waals surface area contributed by atoms with Gasteiger partial charge in [0.05, 0.1) is 6.10 Å². The molecular weight excluding hydrogens is 180 g/mol. The van der Waals surface area contributed by atoms with Gasteiger partial charge in [0.25, 0.3) is 0 Å². The second-order valence-corrected chi connectivity index (χ2v) is 3.85. The van der Waals surface area contributed by atoms with Crippen LogP contribution in [0.25, 0.3) is 0 Å². The Hall–Kier alpha value is -0.160. The van der Waals surface area contributed by atoms with Gasteiger partial charge in [-0.25, -0.2) is 0 Å². The molecule has 0 rings (SSSR count). The zero-order chi connectivity index (χ0) is 11.0. The van der Waals surface area contributed by atoms with Crippen LogP contribution in [0.5, 0.6) is 0 Å². The number of rotatable bonds is 8. The minimum absolute atomic E-state index is 0.164. The lowest BCUT2D eigenvalue weighted by atomic mass is 9.96. The summed E-state index contributed by atoms with van der Waals surface area (Å²) in [5.41, 5.74) is 2.81. The van der Waals surface area contributed by atoms with E-state index >= 15 is 0 Å². The maximum absolute atomic E-state index is 5.50. The van der Waals surface area contributed by atoms with Crippen LogP contribution in [0.15, 0.2) is 0 Å². The second kappa shape index (κ2) is 8.17. The lowest BCUT2D eigenvalue weighted by molar-refractivity contribution is 0.0280. The summed E-state index contributed by atoms with van der Waals surface area (Å²) in [7, 11) is 3.44. The van der Waals surface area contributed by atoms with Crippen LogP contribution in [0.3, 0.4) is 0 Å². The van der Waals surface area contributed by atoms with E-state index in [0.717, 1.165) is 19.4 Å². The predicted molar refractivity (Wildman–Crippen MR) is 57.9 cm³/mol. The van der Waals surface area contributed by atoms with E-state index in [2.05, 4.69) is 19.3 Å². The van der Waals surface area contributed by atoms with Crippen molar-refractivity contribution in [2.45, 2.75) is 38.8 Å². The maximum atomic E-state index is 5.50. The first kappa shape index (κ1) is 13.8. The van der Waals surface area contributed by atoms with Gasteiger partial charge in [0.2, 0.25) is 0 Å². The van der Waals surface area contributed by atoms with Crippen LogP contribution in [-0.4, -0.2) is 33.0 Å². The summed E-state index contributed by atoms with van der Waals surface area (Å²) >= 11 is 0. The molecule has 0 radical (unpaired) electrons. The molecule has 4 nitrogen and oxygen atoms in total. The van der Waals surface area contributed by atoms with E-state index < -0.39 is 0 Å². The molecule has 0 heterocycles. The average Bonchev–Trinajstić information content (AvgIpc) is 2.16. The number of methoxy groups -OCH3 is 2. The standard InChI is InChI=1S/C10H24N2O2/c1-8(2)10(14-4)9(12-11)6-5-7-13-3/h8-10,12H,5-7,11H2,1-4H3. The minimum Gasteiger partial charge on any atom is -0.385 e. The fraction of sp³-hybridized carbons (Fsp3) is 1.00. The second-order valence-electron chi connectivity index (χ2n) is 3.85. The summed E-state index contributed by atoms with van der Waals surface area (Å²) in [5.74, 6) is 5.96. The fourth-order valence-electron chi connectivity index (χ4n) is 1.69. The van der Waals surface area contributed by atoms with E-state index in [9.17, 15) is 0 Å². The maximum Gasteiger partial charge on any atom is 0.0760 e. The van der Waals surface area contributed by atoms with E-state index in [4.69, 9.17) is 15.3 Å². The van der Waals surface area contributed by atoms with Crippen LogP contribution in [0.4, 0.5) is 0 Å². The number of hydrazine groups is 1. The Kier molecular flexibility index (Phi) is 8.08. The smallest absolute Gasteiger partial charge is 0.0760 e. The zero-order valence-electron chi connectivity index (χ0n) is 9.75. The van der Waals surface area contributed by atoms with Gasteiger partial charge in [0.1, 0.15) is 0 Å². The highest BCUT2D eigenvalue weighted by molar-refractivity contribution is 4.77. The molecule has 0 aromatic heterocycles. The Morgan fingerprint density at radius 2 is 1.93 bits per heavy atom. The highest BCUT2D eigenvalue weighted by Crippen LogP contribution is 2.13. The first-order chi connectivity index (χ1) is 6.67. The van der Waals surface area contributed by atoms with Gasteiger partial charge in [-0.05, 0) is 18.8 Å². The lowest BCUT2D eigenvalue weighted by Gasteiger charge is -2.28. The third kappa shape index (κ3) is 4.91. The molecule has 2 atom stereocenters. The normalized spacial score (nSPS) is 15.9. The molecule has 0 spiro atoms. The summed E-state index contributed by atoms with van der Waals surface area (Å²) in [6.07, 6.45) is 2.13. The molecule has 14 heavy (non-hydrogen) atoms. The molecule has 0 fully saturated rings. The van der Waals surface area contributed by atoms with Crippen LogP contribution in [0, 0.1) is 5.92 Å². The quantitative estimate of drug-likeness (QED) is 0.351. The average molecular weight is 204 g/mol. The third-order valence-electron chi connectivity index (χ3n) is 2.40. The van der Waals surface area contributed by atoms with Crippen molar-refractivity contribution >= 4 is 0 Å². The molecule has 0 saturated carbocycles. The molecule has 3 N–H and O–H groups in total. The van der Waals surface area contributed by atoms with Crippen molar-refractivity contribution in [3.8, 4) is 0 Å². The van der Waals surface area contributed by atoms with Gasteiger partial charge in [0, 0.05) is 26.9 Å². The van der Waals surface area contributed by atoms with E-state index in [1.54, 1.807) is 14.2 Å². The SMILES string of the molecule is COCCCC(NN)C(OC)C(C)C. The number of ether oxygens (including phenoxy) is 2.